The van der Waals surface area contributed by atoms with Gasteiger partial charge in [0.15, 0.2) is 0 Å². The number of nitrogens with one attached hydrogen (secondary N) is 1. The molecule has 1 aliphatic carbocycles. The van der Waals surface area contributed by atoms with Crippen LogP contribution in [0.2, 0.25) is 0 Å². The number of sulfonamides is 1. The first-order valence-electron chi connectivity index (χ1n) is 9.85. The zero-order chi connectivity index (χ0) is 19.6. The molecule has 1 spiro atoms. The molecule has 8 heteroatoms. The second-order valence-electron chi connectivity index (χ2n) is 8.89. The van der Waals surface area contributed by atoms with Crippen LogP contribution in [0.5, 0.6) is 0 Å². The Morgan fingerprint density at radius 2 is 1.86 bits per heavy atom. The summed E-state index contributed by atoms with van der Waals surface area (Å²) in [5, 5.41) is 0.937. The lowest BCUT2D eigenvalue weighted by molar-refractivity contribution is -0.124. The molecule has 2 aromatic rings. The van der Waals surface area contributed by atoms with E-state index in [1.807, 2.05) is 13.0 Å². The number of benzene rings is 1. The van der Waals surface area contributed by atoms with Gasteiger partial charge < -0.3 is 15.4 Å². The summed E-state index contributed by atoms with van der Waals surface area (Å²) in [7, 11) is -3.61. The van der Waals surface area contributed by atoms with Crippen LogP contribution in [0.15, 0.2) is 29.2 Å². The fraction of sp³-hybridized carbons (Fsp3) is 0.550. The lowest BCUT2D eigenvalue weighted by atomic mass is 9.76. The zero-order valence-electron chi connectivity index (χ0n) is 16.1. The second kappa shape index (κ2) is 6.05. The first kappa shape index (κ1) is 18.1. The molecule has 0 radical (unpaired) electrons. The maximum absolute atomic E-state index is 13.0. The Bertz CT molecular complexity index is 1030. The number of rotatable bonds is 4. The predicted octanol–water partition coefficient (Wildman–Crippen LogP) is 2.26. The van der Waals surface area contributed by atoms with Gasteiger partial charge in [-0.15, -0.1) is 0 Å². The first-order chi connectivity index (χ1) is 13.3. The molecule has 5 rings (SSSR count). The largest absolute Gasteiger partial charge is 0.384 e. The molecule has 3 N–H and O–H groups in total. The smallest absolute Gasteiger partial charge is 0.241 e. The van der Waals surface area contributed by atoms with Crippen molar-refractivity contribution < 1.29 is 13.2 Å². The highest BCUT2D eigenvalue weighted by atomic mass is 32.2. The Balaban J connectivity index is 1.55. The number of piperidine rings is 1. The average molecular weight is 403 g/mol. The van der Waals surface area contributed by atoms with Crippen molar-refractivity contribution in [2.24, 2.45) is 5.41 Å². The van der Waals surface area contributed by atoms with E-state index in [2.05, 4.69) is 14.6 Å². The van der Waals surface area contributed by atoms with Gasteiger partial charge in [0.25, 0.3) is 0 Å². The lowest BCUT2D eigenvalue weighted by Crippen LogP contribution is -2.51. The van der Waals surface area contributed by atoms with Gasteiger partial charge in [0.1, 0.15) is 5.82 Å². The van der Waals surface area contributed by atoms with Crippen LogP contribution in [-0.4, -0.2) is 45.2 Å². The number of anilines is 2. The summed E-state index contributed by atoms with van der Waals surface area (Å²) in [6.07, 6.45) is 3.86. The van der Waals surface area contributed by atoms with Crippen molar-refractivity contribution in [3.05, 3.63) is 24.3 Å². The van der Waals surface area contributed by atoms with Gasteiger partial charge in [-0.2, -0.15) is 0 Å². The molecule has 3 heterocycles. The Kier molecular flexibility index (Phi) is 3.92. The number of hydrogen-bond donors (Lipinski definition) is 2. The summed E-state index contributed by atoms with van der Waals surface area (Å²) in [5.74, 6) is 0.388. The standard InChI is InChI=1S/C20H26N4O3S/c1-19(4-5-19)23-28(25,26)14-10-16-15(2-3-18(21)22-16)17(11-14)24-8-6-20(7-9-24)12-27-13-20/h2-3,10-11,23H,4-9,12-13H2,1H3,(H2,21,22). The molecule has 0 atom stereocenters. The number of hydrogen-bond acceptors (Lipinski definition) is 6. The third-order valence-electron chi connectivity index (χ3n) is 6.45. The SMILES string of the molecule is CC1(NS(=O)(=O)c2cc(N3CCC4(CC3)COC4)c3ccc(N)nc3c2)CC1. The number of nitrogen functional groups attached to an aromatic ring is 1. The fourth-order valence-corrected chi connectivity index (χ4v) is 5.70. The van der Waals surface area contributed by atoms with Gasteiger partial charge in [0, 0.05) is 35.1 Å². The van der Waals surface area contributed by atoms with E-state index in [4.69, 9.17) is 10.5 Å². The highest BCUT2D eigenvalue weighted by molar-refractivity contribution is 7.89. The van der Waals surface area contributed by atoms with Crippen LogP contribution in [0.3, 0.4) is 0 Å². The van der Waals surface area contributed by atoms with E-state index >= 15 is 0 Å². The van der Waals surface area contributed by atoms with E-state index in [0.29, 0.717) is 16.7 Å². The average Bonchev–Trinajstić information content (AvgIpc) is 3.35. The number of ether oxygens (including phenoxy) is 1. The van der Waals surface area contributed by atoms with Crippen LogP contribution in [0.25, 0.3) is 10.9 Å². The van der Waals surface area contributed by atoms with Crippen molar-refractivity contribution in [1.82, 2.24) is 9.71 Å². The Labute approximate surface area is 165 Å². The van der Waals surface area contributed by atoms with Crippen molar-refractivity contribution in [3.8, 4) is 0 Å². The molecule has 3 fully saturated rings. The summed E-state index contributed by atoms with van der Waals surface area (Å²) in [6, 6.07) is 7.14. The van der Waals surface area contributed by atoms with E-state index in [9.17, 15) is 8.42 Å². The van der Waals surface area contributed by atoms with Crippen LogP contribution in [-0.2, 0) is 14.8 Å². The maximum Gasteiger partial charge on any atom is 0.241 e. The Morgan fingerprint density at radius 3 is 2.46 bits per heavy atom. The Morgan fingerprint density at radius 1 is 1.14 bits per heavy atom. The van der Waals surface area contributed by atoms with Crippen LogP contribution in [0.1, 0.15) is 32.6 Å². The molecular weight excluding hydrogens is 376 g/mol. The van der Waals surface area contributed by atoms with Gasteiger partial charge in [-0.25, -0.2) is 18.1 Å². The molecule has 0 bridgehead atoms. The number of fused-ring (bicyclic) bond motifs is 1. The molecule has 28 heavy (non-hydrogen) atoms. The van der Waals surface area contributed by atoms with E-state index < -0.39 is 10.0 Å². The third-order valence-corrected chi connectivity index (χ3v) is 8.07. The highest BCUT2D eigenvalue weighted by Crippen LogP contribution is 2.42. The molecule has 0 amide bonds. The molecule has 2 aliphatic heterocycles. The maximum atomic E-state index is 13.0. The summed E-state index contributed by atoms with van der Waals surface area (Å²) in [5.41, 5.74) is 7.42. The van der Waals surface area contributed by atoms with E-state index in [1.54, 1.807) is 18.2 Å². The lowest BCUT2D eigenvalue weighted by Gasteiger charge is -2.48. The minimum Gasteiger partial charge on any atom is -0.384 e. The van der Waals surface area contributed by atoms with Gasteiger partial charge in [-0.05, 0) is 56.9 Å². The monoisotopic (exact) mass is 402 g/mol. The Hall–Kier alpha value is -1.90. The number of nitrogens with zero attached hydrogens (tertiary/aromatic N) is 2. The van der Waals surface area contributed by atoms with E-state index in [0.717, 1.165) is 63.1 Å². The molecule has 1 aromatic carbocycles. The number of pyridine rings is 1. The van der Waals surface area contributed by atoms with E-state index in [1.165, 1.54) is 0 Å². The van der Waals surface area contributed by atoms with Crippen molar-refractivity contribution in [1.29, 1.82) is 0 Å². The van der Waals surface area contributed by atoms with Gasteiger partial charge in [0.05, 0.1) is 23.6 Å². The molecule has 1 aromatic heterocycles. The van der Waals surface area contributed by atoms with Crippen molar-refractivity contribution >= 4 is 32.4 Å². The quantitative estimate of drug-likeness (QED) is 0.814. The van der Waals surface area contributed by atoms with Crippen LogP contribution >= 0.6 is 0 Å². The van der Waals surface area contributed by atoms with E-state index in [-0.39, 0.29) is 10.4 Å². The molecule has 7 nitrogen and oxygen atoms in total. The van der Waals surface area contributed by atoms with Gasteiger partial charge >= 0.3 is 0 Å². The molecule has 1 saturated carbocycles. The summed E-state index contributed by atoms with van der Waals surface area (Å²) >= 11 is 0. The molecule has 150 valence electrons. The van der Waals surface area contributed by atoms with Crippen molar-refractivity contribution in [2.45, 2.75) is 43.0 Å². The minimum atomic E-state index is -3.61. The number of nitrogens with two attached hydrogens (primary N) is 1. The normalized spacial score (nSPS) is 23.0. The molecule has 0 unspecified atom stereocenters. The number of aromatic nitrogens is 1. The zero-order valence-corrected chi connectivity index (χ0v) is 16.9. The first-order valence-corrected chi connectivity index (χ1v) is 11.3. The minimum absolute atomic E-state index is 0.258. The van der Waals surface area contributed by atoms with Crippen LogP contribution in [0.4, 0.5) is 11.5 Å². The topological polar surface area (TPSA) is 97.5 Å². The predicted molar refractivity (Wildman–Crippen MR) is 109 cm³/mol. The van der Waals surface area contributed by atoms with Crippen molar-refractivity contribution in [3.63, 3.8) is 0 Å². The van der Waals surface area contributed by atoms with Gasteiger partial charge in [-0.3, -0.25) is 0 Å². The van der Waals surface area contributed by atoms with Gasteiger partial charge in [-0.1, -0.05) is 0 Å². The van der Waals surface area contributed by atoms with Gasteiger partial charge in [0.2, 0.25) is 10.0 Å². The molecule has 3 aliphatic rings. The second-order valence-corrected chi connectivity index (χ2v) is 10.6. The van der Waals surface area contributed by atoms with Crippen molar-refractivity contribution in [2.75, 3.05) is 36.9 Å². The summed E-state index contributed by atoms with van der Waals surface area (Å²) < 4.78 is 34.3. The summed E-state index contributed by atoms with van der Waals surface area (Å²) in [6.45, 7) is 5.40. The third kappa shape index (κ3) is 3.13. The van der Waals surface area contributed by atoms with Crippen LogP contribution < -0.4 is 15.4 Å². The molecular formula is C20H26N4O3S. The van der Waals surface area contributed by atoms with Crippen LogP contribution in [0, 0.1) is 5.41 Å². The molecule has 2 saturated heterocycles. The summed E-state index contributed by atoms with van der Waals surface area (Å²) in [4.78, 5) is 6.95. The fourth-order valence-electron chi connectivity index (χ4n) is 4.20. The highest BCUT2D eigenvalue weighted by Gasteiger charge is 2.43.